The number of carbonyl (C=O) groups is 1. The van der Waals surface area contributed by atoms with Crippen LogP contribution in [0.2, 0.25) is 0 Å². The van der Waals surface area contributed by atoms with E-state index in [-0.39, 0.29) is 23.6 Å². The molecule has 2 N–H and O–H groups in total. The average Bonchev–Trinajstić information content (AvgIpc) is 2.73. The summed E-state index contributed by atoms with van der Waals surface area (Å²) in [5.74, 6) is -0.0652. The Hall–Kier alpha value is -3.20. The molecule has 3 rings (SSSR count). The molecule has 0 radical (unpaired) electrons. The molecule has 0 aliphatic heterocycles. The zero-order valence-corrected chi connectivity index (χ0v) is 18.3. The normalized spacial score (nSPS) is 11.8. The van der Waals surface area contributed by atoms with Gasteiger partial charge in [0.2, 0.25) is 11.9 Å². The topological polar surface area (TPSA) is 89.0 Å². The number of rotatable bonds is 9. The number of benzene rings is 2. The van der Waals surface area contributed by atoms with E-state index in [1.807, 2.05) is 44.2 Å². The number of carbonyl (C=O) groups excluding carboxylic acids is 1. The molecule has 1 heterocycles. The van der Waals surface area contributed by atoms with Crippen molar-refractivity contribution >= 4 is 35.3 Å². The lowest BCUT2D eigenvalue weighted by Gasteiger charge is -2.19. The Morgan fingerprint density at radius 3 is 2.48 bits per heavy atom. The molecule has 0 spiro atoms. The van der Waals surface area contributed by atoms with Gasteiger partial charge in [0.05, 0.1) is 7.11 Å². The predicted octanol–water partition coefficient (Wildman–Crippen LogP) is 4.91. The molecule has 31 heavy (non-hydrogen) atoms. The average molecular weight is 442 g/mol. The summed E-state index contributed by atoms with van der Waals surface area (Å²) in [7, 11) is 1.35. The fourth-order valence-electron chi connectivity index (χ4n) is 2.80. The first-order valence-electron chi connectivity index (χ1n) is 9.79. The Kier molecular flexibility index (Phi) is 7.77. The first-order valence-corrected chi connectivity index (χ1v) is 10.6. The molecule has 1 aromatic heterocycles. The molecule has 1 atom stereocenters. The fraction of sp³-hybridized carbons (Fsp3) is 0.273. The maximum Gasteiger partial charge on any atom is 0.328 e. The van der Waals surface area contributed by atoms with Crippen LogP contribution in [0.25, 0.3) is 0 Å². The second kappa shape index (κ2) is 10.7. The highest BCUT2D eigenvalue weighted by Gasteiger charge is 2.22. The van der Waals surface area contributed by atoms with Crippen LogP contribution in [0.5, 0.6) is 0 Å². The van der Waals surface area contributed by atoms with Crippen molar-refractivity contribution in [2.45, 2.75) is 36.4 Å². The summed E-state index contributed by atoms with van der Waals surface area (Å²) in [6.45, 7) is 4.03. The SMILES string of the molecule is COC(=O)[C@H](CC(C)C)Nc1nc(Nc2cccc(F)c2)nc(Sc2ccccc2)n1. The molecular formula is C22H24FN5O2S. The van der Waals surface area contributed by atoms with Crippen molar-refractivity contribution in [1.82, 2.24) is 15.0 Å². The Bertz CT molecular complexity index is 1020. The van der Waals surface area contributed by atoms with Gasteiger partial charge in [-0.1, -0.05) is 38.1 Å². The van der Waals surface area contributed by atoms with Gasteiger partial charge in [0.1, 0.15) is 11.9 Å². The van der Waals surface area contributed by atoms with Crippen LogP contribution in [0.4, 0.5) is 22.0 Å². The maximum absolute atomic E-state index is 13.6. The molecule has 0 aliphatic carbocycles. The Morgan fingerprint density at radius 1 is 1.06 bits per heavy atom. The van der Waals surface area contributed by atoms with Crippen molar-refractivity contribution in [3.8, 4) is 0 Å². The van der Waals surface area contributed by atoms with Crippen LogP contribution >= 0.6 is 11.8 Å². The summed E-state index contributed by atoms with van der Waals surface area (Å²) in [5.41, 5.74) is 0.500. The van der Waals surface area contributed by atoms with Gasteiger partial charge in [-0.2, -0.15) is 15.0 Å². The lowest BCUT2D eigenvalue weighted by atomic mass is 10.0. The molecular weight excluding hydrogens is 417 g/mol. The van der Waals surface area contributed by atoms with E-state index < -0.39 is 12.0 Å². The first-order chi connectivity index (χ1) is 14.9. The molecule has 9 heteroatoms. The number of esters is 1. The summed E-state index contributed by atoms with van der Waals surface area (Å²) in [5, 5.41) is 6.48. The summed E-state index contributed by atoms with van der Waals surface area (Å²) >= 11 is 1.35. The van der Waals surface area contributed by atoms with Crippen molar-refractivity contribution in [3.05, 3.63) is 60.4 Å². The molecule has 3 aromatic rings. The lowest BCUT2D eigenvalue weighted by Crippen LogP contribution is -2.33. The third kappa shape index (κ3) is 6.92. The number of hydrogen-bond donors (Lipinski definition) is 2. The van der Waals surface area contributed by atoms with E-state index in [4.69, 9.17) is 4.74 Å². The number of methoxy groups -OCH3 is 1. The summed E-state index contributed by atoms with van der Waals surface area (Å²) in [6.07, 6.45) is 0.548. The van der Waals surface area contributed by atoms with Crippen LogP contribution in [0.15, 0.2) is 64.6 Å². The number of hydrogen-bond acceptors (Lipinski definition) is 8. The number of nitrogens with one attached hydrogen (secondary N) is 2. The van der Waals surface area contributed by atoms with Gasteiger partial charge in [-0.3, -0.25) is 0 Å². The van der Waals surface area contributed by atoms with Crippen LogP contribution in [0.1, 0.15) is 20.3 Å². The second-order valence-corrected chi connectivity index (χ2v) is 8.21. The maximum atomic E-state index is 13.6. The smallest absolute Gasteiger partial charge is 0.328 e. The molecule has 7 nitrogen and oxygen atoms in total. The summed E-state index contributed by atoms with van der Waals surface area (Å²) < 4.78 is 18.5. The fourth-order valence-corrected chi connectivity index (χ4v) is 3.56. The molecule has 2 aromatic carbocycles. The predicted molar refractivity (Wildman–Crippen MR) is 119 cm³/mol. The zero-order valence-electron chi connectivity index (χ0n) is 17.5. The lowest BCUT2D eigenvalue weighted by molar-refractivity contribution is -0.141. The van der Waals surface area contributed by atoms with Crippen molar-refractivity contribution in [2.75, 3.05) is 17.7 Å². The molecule has 162 valence electrons. The number of anilines is 3. The van der Waals surface area contributed by atoms with Gasteiger partial charge in [-0.25, -0.2) is 9.18 Å². The highest BCUT2D eigenvalue weighted by molar-refractivity contribution is 7.99. The summed E-state index contributed by atoms with van der Waals surface area (Å²) in [4.78, 5) is 26.4. The van der Waals surface area contributed by atoms with Gasteiger partial charge >= 0.3 is 5.97 Å². The Balaban J connectivity index is 1.92. The second-order valence-electron chi connectivity index (χ2n) is 7.17. The Labute approximate surface area is 184 Å². The largest absolute Gasteiger partial charge is 0.467 e. The van der Waals surface area contributed by atoms with E-state index >= 15 is 0 Å². The van der Waals surface area contributed by atoms with E-state index in [0.29, 0.717) is 17.3 Å². The summed E-state index contributed by atoms with van der Waals surface area (Å²) in [6, 6.07) is 15.0. The third-order valence-corrected chi connectivity index (χ3v) is 5.02. The van der Waals surface area contributed by atoms with Gasteiger partial charge in [-0.15, -0.1) is 0 Å². The molecule has 0 aliphatic rings. The quantitative estimate of drug-likeness (QED) is 0.453. The highest BCUT2D eigenvalue weighted by atomic mass is 32.2. The number of ether oxygens (including phenoxy) is 1. The molecule has 0 fully saturated rings. The van der Waals surface area contributed by atoms with Crippen LogP contribution < -0.4 is 10.6 Å². The van der Waals surface area contributed by atoms with Crippen molar-refractivity contribution in [1.29, 1.82) is 0 Å². The van der Waals surface area contributed by atoms with Crippen molar-refractivity contribution < 1.29 is 13.9 Å². The third-order valence-electron chi connectivity index (χ3n) is 4.14. The van der Waals surface area contributed by atoms with E-state index in [2.05, 4.69) is 25.6 Å². The first kappa shape index (κ1) is 22.5. The van der Waals surface area contributed by atoms with Crippen LogP contribution in [-0.4, -0.2) is 34.1 Å². The minimum absolute atomic E-state index is 0.225. The van der Waals surface area contributed by atoms with Gasteiger partial charge in [0.15, 0.2) is 5.16 Å². The zero-order chi connectivity index (χ0) is 22.2. The van der Waals surface area contributed by atoms with Gasteiger partial charge in [0.25, 0.3) is 0 Å². The van der Waals surface area contributed by atoms with E-state index in [9.17, 15) is 9.18 Å². The van der Waals surface area contributed by atoms with E-state index in [1.165, 1.54) is 31.0 Å². The molecule has 0 unspecified atom stereocenters. The standard InChI is InChI=1S/C22H24FN5O2S/c1-14(2)12-18(19(29)30-3)25-21-26-20(24-16-9-7-8-15(23)13-16)27-22(28-21)31-17-10-5-4-6-11-17/h4-11,13-14,18H,12H2,1-3H3,(H2,24,25,26,27,28)/t18-/m0/s1. The Morgan fingerprint density at radius 2 is 1.81 bits per heavy atom. The molecule has 0 saturated carbocycles. The minimum atomic E-state index is -0.607. The molecule has 0 saturated heterocycles. The van der Waals surface area contributed by atoms with Crippen LogP contribution in [-0.2, 0) is 9.53 Å². The van der Waals surface area contributed by atoms with Gasteiger partial charge < -0.3 is 15.4 Å². The monoisotopic (exact) mass is 441 g/mol. The van der Waals surface area contributed by atoms with Crippen LogP contribution in [0.3, 0.4) is 0 Å². The molecule has 0 amide bonds. The van der Waals surface area contributed by atoms with Crippen molar-refractivity contribution in [2.24, 2.45) is 5.92 Å². The van der Waals surface area contributed by atoms with Crippen LogP contribution in [0, 0.1) is 11.7 Å². The number of aromatic nitrogens is 3. The number of nitrogens with zero attached hydrogens (tertiary/aromatic N) is 3. The molecule has 0 bridgehead atoms. The van der Waals surface area contributed by atoms with E-state index in [0.717, 1.165) is 4.90 Å². The van der Waals surface area contributed by atoms with E-state index in [1.54, 1.807) is 12.1 Å². The van der Waals surface area contributed by atoms with Gasteiger partial charge in [-0.05, 0) is 54.4 Å². The number of halogens is 1. The highest BCUT2D eigenvalue weighted by Crippen LogP contribution is 2.27. The van der Waals surface area contributed by atoms with Gasteiger partial charge in [0, 0.05) is 10.6 Å². The van der Waals surface area contributed by atoms with Crippen molar-refractivity contribution in [3.63, 3.8) is 0 Å². The minimum Gasteiger partial charge on any atom is -0.467 e.